The highest BCUT2D eigenvalue weighted by Crippen LogP contribution is 2.55. The Morgan fingerprint density at radius 3 is 2.44 bits per heavy atom. The van der Waals surface area contributed by atoms with E-state index in [1.54, 1.807) is 5.57 Å². The van der Waals surface area contributed by atoms with Gasteiger partial charge in [-0.2, -0.15) is 0 Å². The van der Waals surface area contributed by atoms with Gasteiger partial charge in [-0.25, -0.2) is 0 Å². The van der Waals surface area contributed by atoms with Crippen molar-refractivity contribution in [1.29, 1.82) is 0 Å². The maximum absolute atomic E-state index is 6.02. The van der Waals surface area contributed by atoms with Gasteiger partial charge in [-0.1, -0.05) is 38.8 Å². The van der Waals surface area contributed by atoms with Gasteiger partial charge in [0.2, 0.25) is 0 Å². The van der Waals surface area contributed by atoms with Gasteiger partial charge in [-0.05, 0) is 56.8 Å². The summed E-state index contributed by atoms with van der Waals surface area (Å²) in [6.45, 7) is 12.6. The molecule has 104 valence electrons. The van der Waals surface area contributed by atoms with Crippen molar-refractivity contribution in [2.24, 2.45) is 10.8 Å². The van der Waals surface area contributed by atoms with E-state index < -0.39 is 0 Å². The van der Waals surface area contributed by atoms with Crippen LogP contribution in [0.15, 0.2) is 11.6 Å². The Labute approximate surface area is 113 Å². The van der Waals surface area contributed by atoms with E-state index in [0.29, 0.717) is 10.8 Å². The minimum atomic E-state index is 0.0676. The molecule has 1 fully saturated rings. The van der Waals surface area contributed by atoms with Crippen molar-refractivity contribution in [3.63, 3.8) is 0 Å². The van der Waals surface area contributed by atoms with E-state index in [4.69, 9.17) is 4.74 Å². The molecule has 1 nitrogen and oxygen atoms in total. The molecule has 0 aliphatic heterocycles. The first kappa shape index (κ1) is 14.1. The molecule has 0 bridgehead atoms. The Bertz CT molecular complexity index is 342. The van der Waals surface area contributed by atoms with E-state index in [1.807, 2.05) is 0 Å². The molecule has 0 saturated heterocycles. The minimum Gasteiger partial charge on any atom is -0.375 e. The molecular formula is C17H30O. The maximum Gasteiger partial charge on any atom is 0.0689 e. The normalized spacial score (nSPS) is 39.7. The van der Waals surface area contributed by atoms with Gasteiger partial charge >= 0.3 is 0 Å². The molecular weight excluding hydrogens is 220 g/mol. The van der Waals surface area contributed by atoms with Gasteiger partial charge in [0.1, 0.15) is 0 Å². The summed E-state index contributed by atoms with van der Waals surface area (Å²) in [5.74, 6) is 0. The first-order valence-electron chi connectivity index (χ1n) is 7.66. The molecule has 0 radical (unpaired) electrons. The molecule has 0 N–H and O–H groups in total. The SMILES string of the molecule is CCO[C@]1(C)CC=C2C(C)(C)CCC[C@@]2(C)CC1. The van der Waals surface area contributed by atoms with Crippen LogP contribution >= 0.6 is 0 Å². The van der Waals surface area contributed by atoms with Crippen LogP contribution in [-0.2, 0) is 4.74 Å². The molecule has 1 heteroatoms. The molecule has 1 saturated carbocycles. The number of hydrogen-bond donors (Lipinski definition) is 0. The Morgan fingerprint density at radius 2 is 1.78 bits per heavy atom. The first-order valence-corrected chi connectivity index (χ1v) is 7.66. The van der Waals surface area contributed by atoms with Crippen LogP contribution in [0, 0.1) is 10.8 Å². The number of fused-ring (bicyclic) bond motifs is 1. The van der Waals surface area contributed by atoms with Gasteiger partial charge in [-0.15, -0.1) is 0 Å². The second kappa shape index (κ2) is 4.67. The smallest absolute Gasteiger partial charge is 0.0689 e. The van der Waals surface area contributed by atoms with Crippen LogP contribution in [0.5, 0.6) is 0 Å². The minimum absolute atomic E-state index is 0.0676. The summed E-state index contributed by atoms with van der Waals surface area (Å²) in [6, 6.07) is 0. The van der Waals surface area contributed by atoms with Crippen molar-refractivity contribution in [2.75, 3.05) is 6.61 Å². The Balaban J connectivity index is 2.29. The van der Waals surface area contributed by atoms with E-state index in [0.717, 1.165) is 13.0 Å². The fourth-order valence-corrected chi connectivity index (χ4v) is 4.23. The van der Waals surface area contributed by atoms with Gasteiger partial charge in [0.15, 0.2) is 0 Å². The van der Waals surface area contributed by atoms with Crippen LogP contribution in [0.25, 0.3) is 0 Å². The predicted octanol–water partition coefficient (Wildman–Crippen LogP) is 5.11. The molecule has 18 heavy (non-hydrogen) atoms. The van der Waals surface area contributed by atoms with E-state index in [2.05, 4.69) is 40.7 Å². The van der Waals surface area contributed by atoms with Crippen molar-refractivity contribution in [3.8, 4) is 0 Å². The van der Waals surface area contributed by atoms with E-state index >= 15 is 0 Å². The highest BCUT2D eigenvalue weighted by atomic mass is 16.5. The molecule has 0 aromatic heterocycles. The van der Waals surface area contributed by atoms with Crippen LogP contribution in [0.4, 0.5) is 0 Å². The zero-order valence-electron chi connectivity index (χ0n) is 12.9. The molecule has 0 aromatic carbocycles. The highest BCUT2D eigenvalue weighted by Gasteiger charge is 2.44. The standard InChI is InChI=1S/C17H30O/c1-6-18-17(5)11-8-14-15(2,3)9-7-10-16(14,4)12-13-17/h8H,6-7,9-13H2,1-5H3/t16-,17+/m0/s1. The molecule has 0 spiro atoms. The van der Waals surface area contributed by atoms with Crippen molar-refractivity contribution in [3.05, 3.63) is 11.6 Å². The monoisotopic (exact) mass is 250 g/mol. The van der Waals surface area contributed by atoms with Crippen molar-refractivity contribution in [2.45, 2.75) is 78.7 Å². The maximum atomic E-state index is 6.02. The predicted molar refractivity (Wildman–Crippen MR) is 77.7 cm³/mol. The first-order chi connectivity index (χ1) is 8.31. The Hall–Kier alpha value is -0.300. The van der Waals surface area contributed by atoms with Crippen LogP contribution in [-0.4, -0.2) is 12.2 Å². The summed E-state index contributed by atoms with van der Waals surface area (Å²) in [6.07, 6.45) is 10.2. The fourth-order valence-electron chi connectivity index (χ4n) is 4.23. The van der Waals surface area contributed by atoms with Gasteiger partial charge in [-0.3, -0.25) is 0 Å². The lowest BCUT2D eigenvalue weighted by Crippen LogP contribution is -2.34. The van der Waals surface area contributed by atoms with Crippen LogP contribution in [0.1, 0.15) is 73.1 Å². The van der Waals surface area contributed by atoms with Crippen molar-refractivity contribution < 1.29 is 4.74 Å². The van der Waals surface area contributed by atoms with E-state index in [-0.39, 0.29) is 5.60 Å². The Morgan fingerprint density at radius 1 is 1.06 bits per heavy atom. The van der Waals surface area contributed by atoms with E-state index in [1.165, 1.54) is 32.1 Å². The molecule has 2 aliphatic carbocycles. The highest BCUT2D eigenvalue weighted by molar-refractivity contribution is 5.25. The molecule has 2 rings (SSSR count). The van der Waals surface area contributed by atoms with Crippen LogP contribution in [0.3, 0.4) is 0 Å². The number of hydrogen-bond acceptors (Lipinski definition) is 1. The van der Waals surface area contributed by atoms with Gasteiger partial charge in [0.05, 0.1) is 5.60 Å². The lowest BCUT2D eigenvalue weighted by atomic mass is 9.59. The average molecular weight is 250 g/mol. The van der Waals surface area contributed by atoms with Gasteiger partial charge < -0.3 is 4.74 Å². The number of ether oxygens (including phenoxy) is 1. The van der Waals surface area contributed by atoms with Crippen molar-refractivity contribution >= 4 is 0 Å². The lowest BCUT2D eigenvalue weighted by molar-refractivity contribution is -0.0331. The quantitative estimate of drug-likeness (QED) is 0.619. The van der Waals surface area contributed by atoms with Crippen molar-refractivity contribution in [1.82, 2.24) is 0 Å². The summed E-state index contributed by atoms with van der Waals surface area (Å²) in [7, 11) is 0. The molecule has 2 atom stereocenters. The third kappa shape index (κ3) is 2.52. The third-order valence-electron chi connectivity index (χ3n) is 5.35. The molecule has 0 heterocycles. The summed E-state index contributed by atoms with van der Waals surface area (Å²) in [4.78, 5) is 0. The van der Waals surface area contributed by atoms with E-state index in [9.17, 15) is 0 Å². The second-order valence-corrected chi connectivity index (χ2v) is 7.50. The van der Waals surface area contributed by atoms with Crippen LogP contribution < -0.4 is 0 Å². The third-order valence-corrected chi connectivity index (χ3v) is 5.35. The Kier molecular flexibility index (Phi) is 3.66. The summed E-state index contributed by atoms with van der Waals surface area (Å²) in [5, 5.41) is 0. The average Bonchev–Trinajstić information content (AvgIpc) is 2.38. The summed E-state index contributed by atoms with van der Waals surface area (Å²) < 4.78 is 6.02. The fraction of sp³-hybridized carbons (Fsp3) is 0.882. The summed E-state index contributed by atoms with van der Waals surface area (Å²) >= 11 is 0. The van der Waals surface area contributed by atoms with Crippen LogP contribution in [0.2, 0.25) is 0 Å². The molecule has 0 unspecified atom stereocenters. The molecule has 2 aliphatic rings. The molecule has 0 aromatic rings. The van der Waals surface area contributed by atoms with Gasteiger partial charge in [0.25, 0.3) is 0 Å². The topological polar surface area (TPSA) is 9.23 Å². The van der Waals surface area contributed by atoms with Gasteiger partial charge in [0, 0.05) is 6.61 Å². The molecule has 0 amide bonds. The number of allylic oxidation sites excluding steroid dienone is 1. The second-order valence-electron chi connectivity index (χ2n) is 7.50. The zero-order chi connectivity index (χ0) is 13.4. The lowest BCUT2D eigenvalue weighted by Gasteiger charge is -2.46. The largest absolute Gasteiger partial charge is 0.375 e. The summed E-state index contributed by atoms with van der Waals surface area (Å²) in [5.41, 5.74) is 2.60. The number of rotatable bonds is 2. The zero-order valence-corrected chi connectivity index (χ0v) is 12.9.